The molecule has 0 radical (unpaired) electrons. The maximum Gasteiger partial charge on any atom is 0.438 e. The number of anilines is 1. The number of methoxy groups -OCH3 is 1. The molecule has 13 heteroatoms. The van der Waals surface area contributed by atoms with E-state index in [1.807, 2.05) is 24.3 Å². The van der Waals surface area contributed by atoms with Crippen molar-refractivity contribution in [2.75, 3.05) is 25.8 Å². The van der Waals surface area contributed by atoms with E-state index in [1.54, 1.807) is 41.2 Å². The van der Waals surface area contributed by atoms with Gasteiger partial charge in [-0.05, 0) is 48.6 Å². The van der Waals surface area contributed by atoms with Crippen molar-refractivity contribution in [3.05, 3.63) is 71.4 Å². The van der Waals surface area contributed by atoms with Crippen LogP contribution in [-0.2, 0) is 28.0 Å². The molecule has 0 aliphatic rings. The maximum atomic E-state index is 11.9. The number of hydroxylamine groups is 1. The predicted molar refractivity (Wildman–Crippen MR) is 147 cm³/mol. The lowest BCUT2D eigenvalue weighted by atomic mass is 10.2. The van der Waals surface area contributed by atoms with Gasteiger partial charge in [-0.2, -0.15) is 5.06 Å². The second kappa shape index (κ2) is 14.9. The van der Waals surface area contributed by atoms with Gasteiger partial charge in [-0.25, -0.2) is 9.48 Å². The van der Waals surface area contributed by atoms with Gasteiger partial charge in [0.05, 0.1) is 25.6 Å². The molecule has 3 rings (SSSR count). The number of benzene rings is 2. The SMILES string of the molecule is CCCCNP(N)(N)=S.COC(=O)N(OC)c1ccccc1COc1ccn(-c2ccc(Cl)cc2)n1. The van der Waals surface area contributed by atoms with E-state index in [2.05, 4.69) is 17.1 Å². The Labute approximate surface area is 221 Å². The molecule has 3 aromatic rings. The van der Waals surface area contributed by atoms with Gasteiger partial charge >= 0.3 is 6.09 Å². The molecule has 2 aromatic carbocycles. The molecule has 0 fully saturated rings. The molecular formula is C23H32ClN6O4PS. The number of nitrogens with zero attached hydrogens (tertiary/aromatic N) is 3. The van der Waals surface area contributed by atoms with E-state index in [1.165, 1.54) is 14.2 Å². The molecule has 1 aromatic heterocycles. The Kier molecular flexibility index (Phi) is 12.3. The van der Waals surface area contributed by atoms with Crippen LogP contribution in [-0.4, -0.2) is 36.6 Å². The Morgan fingerprint density at radius 1 is 1.17 bits per heavy atom. The number of rotatable bonds is 10. The number of halogens is 1. The molecule has 196 valence electrons. The number of nitrogens with one attached hydrogen (secondary N) is 1. The van der Waals surface area contributed by atoms with Crippen molar-refractivity contribution in [3.8, 4) is 11.6 Å². The van der Waals surface area contributed by atoms with Crippen molar-refractivity contribution in [1.82, 2.24) is 14.9 Å². The minimum atomic E-state index is -2.11. The van der Waals surface area contributed by atoms with Gasteiger partial charge < -0.3 is 9.47 Å². The highest BCUT2D eigenvalue weighted by atomic mass is 35.5. The molecule has 0 saturated carbocycles. The van der Waals surface area contributed by atoms with Gasteiger partial charge in [0, 0.05) is 29.4 Å². The van der Waals surface area contributed by atoms with Crippen LogP contribution in [0.2, 0.25) is 5.02 Å². The zero-order valence-electron chi connectivity index (χ0n) is 20.5. The molecule has 5 N–H and O–H groups in total. The van der Waals surface area contributed by atoms with Crippen LogP contribution in [0.1, 0.15) is 25.3 Å². The number of hydrogen-bond donors (Lipinski definition) is 3. The number of unbranched alkanes of at least 4 members (excludes halogenated alkanes) is 1. The van der Waals surface area contributed by atoms with Crippen molar-refractivity contribution < 1.29 is 19.1 Å². The van der Waals surface area contributed by atoms with Crippen LogP contribution < -0.4 is 25.9 Å². The number of amides is 1. The molecule has 0 bridgehead atoms. The van der Waals surface area contributed by atoms with Crippen LogP contribution in [0.15, 0.2) is 60.8 Å². The molecule has 0 aliphatic carbocycles. The minimum absolute atomic E-state index is 0.199. The summed E-state index contributed by atoms with van der Waals surface area (Å²) in [7, 11) is 2.68. The van der Waals surface area contributed by atoms with Gasteiger partial charge in [-0.1, -0.05) is 43.1 Å². The Balaban J connectivity index is 0.000000434. The number of para-hydroxylation sites is 1. The normalized spacial score (nSPS) is 10.8. The summed E-state index contributed by atoms with van der Waals surface area (Å²) in [5.74, 6) is 0.446. The Bertz CT molecular complexity index is 1140. The van der Waals surface area contributed by atoms with E-state index in [4.69, 9.17) is 48.7 Å². The van der Waals surface area contributed by atoms with E-state index in [9.17, 15) is 4.79 Å². The molecule has 0 aliphatic heterocycles. The maximum absolute atomic E-state index is 11.9. The first-order valence-corrected chi connectivity index (χ1v) is 14.4. The van der Waals surface area contributed by atoms with Crippen molar-refractivity contribution in [3.63, 3.8) is 0 Å². The molecule has 0 atom stereocenters. The van der Waals surface area contributed by atoms with Crippen LogP contribution in [0.25, 0.3) is 5.69 Å². The van der Waals surface area contributed by atoms with E-state index in [0.717, 1.165) is 35.7 Å². The number of nitrogens with two attached hydrogens (primary N) is 2. The number of carbonyl (C=O) groups is 1. The average Bonchev–Trinajstić information content (AvgIpc) is 3.33. The molecular weight excluding hydrogens is 523 g/mol. The number of aromatic nitrogens is 2. The second-order valence-electron chi connectivity index (χ2n) is 7.41. The van der Waals surface area contributed by atoms with Crippen LogP contribution in [0.3, 0.4) is 0 Å². The standard InChI is InChI=1S/C19H18ClN3O4.C4H14N3PS/c1-25-19(24)23(26-2)17-6-4-3-5-14(17)13-27-18-11-12-22(21-18)16-9-7-15(20)8-10-16;1-2-3-4-7-8(5,6)9/h3-12H,13H2,1-2H3;2-4H2,1H3,(H5,5,6,7,9). The van der Waals surface area contributed by atoms with Gasteiger partial charge in [0.1, 0.15) is 13.1 Å². The van der Waals surface area contributed by atoms with Gasteiger partial charge in [0.2, 0.25) is 5.88 Å². The number of carbonyl (C=O) groups excluding carboxylic acids is 1. The molecule has 0 spiro atoms. The summed E-state index contributed by atoms with van der Waals surface area (Å²) in [5.41, 5.74) is 12.9. The quantitative estimate of drug-likeness (QED) is 0.184. The van der Waals surface area contributed by atoms with E-state index in [0.29, 0.717) is 16.6 Å². The summed E-state index contributed by atoms with van der Waals surface area (Å²) >= 11 is 10.7. The molecule has 0 saturated heterocycles. The van der Waals surface area contributed by atoms with E-state index in [-0.39, 0.29) is 6.61 Å². The van der Waals surface area contributed by atoms with Crippen LogP contribution in [0, 0.1) is 0 Å². The third kappa shape index (κ3) is 9.87. The molecule has 10 nitrogen and oxygen atoms in total. The number of hydrogen-bond acceptors (Lipinski definition) is 6. The van der Waals surface area contributed by atoms with Crippen LogP contribution in [0.5, 0.6) is 5.88 Å². The Morgan fingerprint density at radius 3 is 2.47 bits per heavy atom. The summed E-state index contributed by atoms with van der Waals surface area (Å²) in [6, 6.07) is 16.3. The second-order valence-corrected chi connectivity index (χ2v) is 11.4. The van der Waals surface area contributed by atoms with Crippen LogP contribution in [0.4, 0.5) is 10.5 Å². The zero-order valence-corrected chi connectivity index (χ0v) is 22.9. The lowest BCUT2D eigenvalue weighted by Crippen LogP contribution is -2.30. The zero-order chi connectivity index (χ0) is 26.6. The van der Waals surface area contributed by atoms with Crippen molar-refractivity contribution in [1.29, 1.82) is 0 Å². The van der Waals surface area contributed by atoms with Crippen LogP contribution >= 0.6 is 18.1 Å². The van der Waals surface area contributed by atoms with Gasteiger partial charge in [-0.15, -0.1) is 5.10 Å². The summed E-state index contributed by atoms with van der Waals surface area (Å²) in [6.45, 7) is 1.04. The Hall–Kier alpha value is -2.50. The summed E-state index contributed by atoms with van der Waals surface area (Å²) in [5, 5.41) is 9.01. The van der Waals surface area contributed by atoms with E-state index < -0.39 is 12.6 Å². The Morgan fingerprint density at radius 2 is 1.86 bits per heavy atom. The van der Waals surface area contributed by atoms with Gasteiger partial charge in [0.15, 0.2) is 0 Å². The fourth-order valence-corrected chi connectivity index (χ4v) is 3.80. The summed E-state index contributed by atoms with van der Waals surface area (Å²) < 4.78 is 12.2. The fourth-order valence-electron chi connectivity index (χ4n) is 2.89. The topological polar surface area (TPSA) is 130 Å². The summed E-state index contributed by atoms with van der Waals surface area (Å²) in [6.07, 6.45) is 3.40. The smallest absolute Gasteiger partial charge is 0.438 e. The fraction of sp³-hybridized carbons (Fsp3) is 0.304. The summed E-state index contributed by atoms with van der Waals surface area (Å²) in [4.78, 5) is 17.0. The number of ether oxygens (including phenoxy) is 2. The molecule has 0 unspecified atom stereocenters. The first-order chi connectivity index (χ1) is 17.2. The molecule has 36 heavy (non-hydrogen) atoms. The van der Waals surface area contributed by atoms with E-state index >= 15 is 0 Å². The lowest BCUT2D eigenvalue weighted by molar-refractivity contribution is 0.115. The third-order valence-corrected chi connectivity index (χ3v) is 6.01. The molecule has 1 amide bonds. The predicted octanol–water partition coefficient (Wildman–Crippen LogP) is 4.76. The van der Waals surface area contributed by atoms with Crippen molar-refractivity contribution in [2.24, 2.45) is 11.0 Å². The van der Waals surface area contributed by atoms with Gasteiger partial charge in [-0.3, -0.25) is 20.9 Å². The first kappa shape index (κ1) is 29.7. The minimum Gasteiger partial charge on any atom is -0.472 e. The first-order valence-electron chi connectivity index (χ1n) is 11.0. The molecule has 1 heterocycles. The third-order valence-electron chi connectivity index (χ3n) is 4.65. The highest BCUT2D eigenvalue weighted by molar-refractivity contribution is 8.11. The van der Waals surface area contributed by atoms with Gasteiger partial charge in [0.25, 0.3) is 0 Å². The lowest BCUT2D eigenvalue weighted by Gasteiger charge is -2.20. The average molecular weight is 555 g/mol. The largest absolute Gasteiger partial charge is 0.472 e. The monoisotopic (exact) mass is 554 g/mol. The van der Waals surface area contributed by atoms with Crippen molar-refractivity contribution >= 4 is 41.7 Å². The van der Waals surface area contributed by atoms with Crippen molar-refractivity contribution in [2.45, 2.75) is 26.4 Å². The highest BCUT2D eigenvalue weighted by Gasteiger charge is 2.19. The highest BCUT2D eigenvalue weighted by Crippen LogP contribution is 2.23.